The maximum absolute atomic E-state index is 12.9. The molecule has 3 N–H and O–H groups in total. The molecule has 8 heteroatoms. The van der Waals surface area contributed by atoms with E-state index in [1.54, 1.807) is 25.3 Å². The number of ether oxygens (including phenoxy) is 1. The molecule has 1 unspecified atom stereocenters. The third-order valence-electron chi connectivity index (χ3n) is 4.90. The highest BCUT2D eigenvalue weighted by Crippen LogP contribution is 2.32. The van der Waals surface area contributed by atoms with E-state index >= 15 is 0 Å². The van der Waals surface area contributed by atoms with Gasteiger partial charge in [-0.1, -0.05) is 30.3 Å². The Morgan fingerprint density at radius 3 is 2.72 bits per heavy atom. The molecule has 3 atom stereocenters. The molecule has 2 aromatic rings. The monoisotopic (exact) mass is 412 g/mol. The number of thiocarbonyl (C=S) groups is 1. The molecule has 3 rings (SSSR count). The molecule has 1 amide bonds. The van der Waals surface area contributed by atoms with Crippen LogP contribution in [0.25, 0.3) is 0 Å². The van der Waals surface area contributed by atoms with Gasteiger partial charge >= 0.3 is 5.97 Å². The minimum atomic E-state index is -0.764. The van der Waals surface area contributed by atoms with Crippen molar-refractivity contribution in [3.8, 4) is 0 Å². The summed E-state index contributed by atoms with van der Waals surface area (Å²) in [5.74, 6) is -0.859. The topological polar surface area (TPSA) is 97.5 Å². The lowest BCUT2D eigenvalue weighted by Gasteiger charge is -2.45. The predicted octanol–water partition coefficient (Wildman–Crippen LogP) is 2.23. The van der Waals surface area contributed by atoms with Crippen molar-refractivity contribution in [1.82, 2.24) is 15.2 Å². The number of esters is 1. The highest BCUT2D eigenvalue weighted by molar-refractivity contribution is 7.80. The van der Waals surface area contributed by atoms with Gasteiger partial charge in [-0.05, 0) is 55.7 Å². The number of rotatable bonds is 6. The number of hydrogen-bond acceptors (Lipinski definition) is 6. The zero-order valence-corrected chi connectivity index (χ0v) is 17.2. The molecule has 29 heavy (non-hydrogen) atoms. The lowest BCUT2D eigenvalue weighted by Crippen LogP contribution is -2.68. The number of β-lactam (4-membered cyclic amide) rings is 1. The fraction of sp³-hybridized carbons (Fsp3) is 0.333. The molecule has 0 saturated carbocycles. The van der Waals surface area contributed by atoms with Crippen LogP contribution in [0.5, 0.6) is 0 Å². The molecule has 1 saturated heterocycles. The van der Waals surface area contributed by atoms with Crippen molar-refractivity contribution in [2.24, 2.45) is 5.92 Å². The smallest absolute Gasteiger partial charge is 0.330 e. The molecular formula is C21H24N4O3S. The first-order valence-electron chi connectivity index (χ1n) is 9.48. The van der Waals surface area contributed by atoms with E-state index in [-0.39, 0.29) is 23.7 Å². The average molecular weight is 413 g/mol. The van der Waals surface area contributed by atoms with Crippen molar-refractivity contribution in [2.45, 2.75) is 32.4 Å². The fourth-order valence-corrected chi connectivity index (χ4v) is 3.81. The third-order valence-corrected chi connectivity index (χ3v) is 5.22. The largest absolute Gasteiger partial charge is 0.464 e. The Morgan fingerprint density at radius 1 is 1.34 bits per heavy atom. The molecular weight excluding hydrogens is 388 g/mol. The molecule has 0 radical (unpaired) electrons. The van der Waals surface area contributed by atoms with Crippen LogP contribution < -0.4 is 11.1 Å². The van der Waals surface area contributed by atoms with Crippen molar-refractivity contribution in [3.05, 3.63) is 59.8 Å². The fourth-order valence-electron chi connectivity index (χ4n) is 3.43. The van der Waals surface area contributed by atoms with E-state index in [1.165, 1.54) is 4.90 Å². The molecule has 1 aliphatic heterocycles. The maximum Gasteiger partial charge on any atom is 0.330 e. The predicted molar refractivity (Wildman–Crippen MR) is 114 cm³/mol. The highest BCUT2D eigenvalue weighted by Gasteiger charge is 2.54. The minimum Gasteiger partial charge on any atom is -0.464 e. The van der Waals surface area contributed by atoms with E-state index < -0.39 is 17.9 Å². The standard InChI is InChI=1S/C21H24N4O3S/c1-3-28-20(27)18-16(11-14-9-10-23-17(22)12-14)19(26)25(18)21(29)24-13(2)15-7-5-4-6-8-15/h4-10,12-13,16,18H,3,11H2,1-2H3,(H2,22,23)(H,24,29)/t13-,16?,18+/m1/s1. The summed E-state index contributed by atoms with van der Waals surface area (Å²) >= 11 is 5.46. The van der Waals surface area contributed by atoms with Gasteiger partial charge in [-0.2, -0.15) is 0 Å². The lowest BCUT2D eigenvalue weighted by molar-refractivity contribution is -0.167. The molecule has 0 aliphatic carbocycles. The van der Waals surface area contributed by atoms with Crippen LogP contribution in [0.1, 0.15) is 31.0 Å². The molecule has 1 aromatic heterocycles. The van der Waals surface area contributed by atoms with Crippen LogP contribution >= 0.6 is 12.2 Å². The van der Waals surface area contributed by atoms with Gasteiger partial charge in [-0.3, -0.25) is 9.69 Å². The van der Waals surface area contributed by atoms with Gasteiger partial charge in [0, 0.05) is 6.20 Å². The first kappa shape index (κ1) is 20.7. The van der Waals surface area contributed by atoms with Gasteiger partial charge in [0.2, 0.25) is 5.91 Å². The van der Waals surface area contributed by atoms with Crippen LogP contribution in [0.2, 0.25) is 0 Å². The van der Waals surface area contributed by atoms with E-state index in [1.807, 2.05) is 37.3 Å². The second kappa shape index (κ2) is 9.00. The quantitative estimate of drug-likeness (QED) is 0.427. The number of nitrogens with zero attached hydrogens (tertiary/aromatic N) is 2. The minimum absolute atomic E-state index is 0.113. The molecule has 2 heterocycles. The highest BCUT2D eigenvalue weighted by atomic mass is 32.1. The van der Waals surface area contributed by atoms with Crippen LogP contribution in [0, 0.1) is 5.92 Å². The Hall–Kier alpha value is -3.00. The summed E-state index contributed by atoms with van der Waals surface area (Å²) in [6.07, 6.45) is 1.95. The van der Waals surface area contributed by atoms with Gasteiger partial charge < -0.3 is 15.8 Å². The number of likely N-dealkylation sites (tertiary alicyclic amines) is 1. The Bertz CT molecular complexity index is 906. The number of aromatic nitrogens is 1. The van der Waals surface area contributed by atoms with Crippen LogP contribution in [-0.2, 0) is 20.7 Å². The third kappa shape index (κ3) is 4.54. The number of carbonyl (C=O) groups excluding carboxylic acids is 2. The van der Waals surface area contributed by atoms with Crippen molar-refractivity contribution in [1.29, 1.82) is 0 Å². The molecule has 1 aliphatic rings. The Balaban J connectivity index is 1.75. The summed E-state index contributed by atoms with van der Waals surface area (Å²) in [7, 11) is 0. The van der Waals surface area contributed by atoms with Crippen molar-refractivity contribution in [3.63, 3.8) is 0 Å². The van der Waals surface area contributed by atoms with E-state index in [9.17, 15) is 9.59 Å². The Kier molecular flexibility index (Phi) is 6.43. The SMILES string of the molecule is CCOC(=O)[C@@H]1C(Cc2ccnc(N)c2)C(=O)N1C(=S)N[C@H](C)c1ccccc1. The van der Waals surface area contributed by atoms with Crippen molar-refractivity contribution >= 4 is 35.0 Å². The maximum atomic E-state index is 12.9. The molecule has 1 aromatic carbocycles. The number of amides is 1. The number of hydrogen-bond donors (Lipinski definition) is 2. The second-order valence-electron chi connectivity index (χ2n) is 6.89. The summed E-state index contributed by atoms with van der Waals surface area (Å²) in [6.45, 7) is 3.91. The number of pyridine rings is 1. The number of nitrogens with two attached hydrogens (primary N) is 1. The Labute approximate surface area is 175 Å². The van der Waals surface area contributed by atoms with Gasteiger partial charge in [0.1, 0.15) is 11.9 Å². The van der Waals surface area contributed by atoms with E-state index in [0.29, 0.717) is 12.2 Å². The molecule has 0 bridgehead atoms. The zero-order chi connectivity index (χ0) is 21.0. The lowest BCUT2D eigenvalue weighted by atomic mass is 9.82. The first-order chi connectivity index (χ1) is 13.9. The summed E-state index contributed by atoms with van der Waals surface area (Å²) < 4.78 is 5.20. The average Bonchev–Trinajstić information content (AvgIpc) is 2.70. The number of nitrogen functional groups attached to an aromatic ring is 1. The summed E-state index contributed by atoms with van der Waals surface area (Å²) in [4.78, 5) is 30.7. The number of benzene rings is 1. The van der Waals surface area contributed by atoms with Crippen LogP contribution in [-0.4, -0.2) is 39.5 Å². The van der Waals surface area contributed by atoms with Crippen LogP contribution in [0.3, 0.4) is 0 Å². The van der Waals surface area contributed by atoms with E-state index in [4.69, 9.17) is 22.7 Å². The van der Waals surface area contributed by atoms with Gasteiger partial charge in [-0.25, -0.2) is 9.78 Å². The van der Waals surface area contributed by atoms with Crippen molar-refractivity contribution in [2.75, 3.05) is 12.3 Å². The van der Waals surface area contributed by atoms with E-state index in [0.717, 1.165) is 11.1 Å². The zero-order valence-electron chi connectivity index (χ0n) is 16.4. The van der Waals surface area contributed by atoms with Crippen LogP contribution in [0.15, 0.2) is 48.7 Å². The van der Waals surface area contributed by atoms with Crippen molar-refractivity contribution < 1.29 is 14.3 Å². The van der Waals surface area contributed by atoms with Gasteiger partial charge in [-0.15, -0.1) is 0 Å². The van der Waals surface area contributed by atoms with Crippen LogP contribution in [0.4, 0.5) is 5.82 Å². The number of anilines is 1. The normalized spacial score (nSPS) is 19.2. The summed E-state index contributed by atoms with van der Waals surface area (Å²) in [5, 5.41) is 3.37. The molecule has 1 fully saturated rings. The van der Waals surface area contributed by atoms with E-state index in [2.05, 4.69) is 10.3 Å². The Morgan fingerprint density at radius 2 is 2.07 bits per heavy atom. The van der Waals surface area contributed by atoms with Gasteiger partial charge in [0.25, 0.3) is 0 Å². The second-order valence-corrected chi connectivity index (χ2v) is 7.27. The molecule has 7 nitrogen and oxygen atoms in total. The first-order valence-corrected chi connectivity index (χ1v) is 9.88. The molecule has 0 spiro atoms. The number of nitrogens with one attached hydrogen (secondary N) is 1. The number of carbonyl (C=O) groups is 2. The van der Waals surface area contributed by atoms with Gasteiger partial charge in [0.15, 0.2) is 5.11 Å². The summed E-state index contributed by atoms with van der Waals surface area (Å²) in [6, 6.07) is 12.3. The summed E-state index contributed by atoms with van der Waals surface area (Å²) in [5.41, 5.74) is 7.59. The molecule has 152 valence electrons. The van der Waals surface area contributed by atoms with Gasteiger partial charge in [0.05, 0.1) is 18.6 Å².